The summed E-state index contributed by atoms with van der Waals surface area (Å²) in [7, 11) is 1.59. The fourth-order valence-electron chi connectivity index (χ4n) is 3.20. The van der Waals surface area contributed by atoms with Gasteiger partial charge in [0.05, 0.1) is 26.4 Å². The Hall–Kier alpha value is -2.97. The number of aromatic nitrogens is 1. The predicted octanol–water partition coefficient (Wildman–Crippen LogP) is 0.896. The van der Waals surface area contributed by atoms with Gasteiger partial charge in [-0.2, -0.15) is 0 Å². The number of hydrogen-bond acceptors (Lipinski definition) is 6. The van der Waals surface area contributed by atoms with Crippen LogP contribution in [0.5, 0.6) is 5.75 Å². The maximum atomic E-state index is 12.3. The van der Waals surface area contributed by atoms with Crippen molar-refractivity contribution in [2.24, 2.45) is 0 Å². The zero-order valence-corrected chi connectivity index (χ0v) is 16.5. The van der Waals surface area contributed by atoms with E-state index in [4.69, 9.17) is 9.47 Å². The largest absolute Gasteiger partial charge is 0.497 e. The van der Waals surface area contributed by atoms with Gasteiger partial charge in [-0.1, -0.05) is 18.2 Å². The van der Waals surface area contributed by atoms with Gasteiger partial charge in [0.25, 0.3) is 0 Å². The van der Waals surface area contributed by atoms with Gasteiger partial charge in [0.2, 0.25) is 0 Å². The molecular weight excluding hydrogens is 372 g/mol. The van der Waals surface area contributed by atoms with E-state index in [-0.39, 0.29) is 12.6 Å². The number of benzene rings is 1. The van der Waals surface area contributed by atoms with Crippen molar-refractivity contribution in [2.75, 3.05) is 40.0 Å². The normalized spacial score (nSPS) is 15.3. The Morgan fingerprint density at radius 1 is 1.14 bits per heavy atom. The average molecular weight is 398 g/mol. The Balaban J connectivity index is 1.53. The molecular formula is C21H26N4O4. The minimum Gasteiger partial charge on any atom is -0.497 e. The van der Waals surface area contributed by atoms with Gasteiger partial charge in [0, 0.05) is 38.6 Å². The summed E-state index contributed by atoms with van der Waals surface area (Å²) in [4.78, 5) is 30.9. The number of carbonyl (C=O) groups excluding carboxylic acids is 2. The van der Waals surface area contributed by atoms with Crippen LogP contribution in [0.3, 0.4) is 0 Å². The van der Waals surface area contributed by atoms with Crippen LogP contribution in [0.15, 0.2) is 48.8 Å². The van der Waals surface area contributed by atoms with Crippen LogP contribution in [0.4, 0.5) is 0 Å². The molecule has 2 amide bonds. The molecule has 0 spiro atoms. The van der Waals surface area contributed by atoms with E-state index in [2.05, 4.69) is 20.5 Å². The lowest BCUT2D eigenvalue weighted by Gasteiger charge is -2.34. The lowest BCUT2D eigenvalue weighted by Crippen LogP contribution is -2.46. The van der Waals surface area contributed by atoms with Crippen molar-refractivity contribution in [3.05, 3.63) is 59.9 Å². The van der Waals surface area contributed by atoms with Crippen LogP contribution in [0.25, 0.3) is 0 Å². The van der Waals surface area contributed by atoms with E-state index in [1.807, 2.05) is 36.4 Å². The third-order valence-electron chi connectivity index (χ3n) is 4.83. The Kier molecular flexibility index (Phi) is 7.54. The van der Waals surface area contributed by atoms with Gasteiger partial charge >= 0.3 is 11.8 Å². The predicted molar refractivity (Wildman–Crippen MR) is 107 cm³/mol. The first-order valence-electron chi connectivity index (χ1n) is 9.58. The number of pyridine rings is 1. The average Bonchev–Trinajstić information content (AvgIpc) is 2.79. The maximum absolute atomic E-state index is 12.3. The number of nitrogens with zero attached hydrogens (tertiary/aromatic N) is 2. The highest BCUT2D eigenvalue weighted by Gasteiger charge is 2.24. The minimum atomic E-state index is -0.660. The van der Waals surface area contributed by atoms with Crippen molar-refractivity contribution in [2.45, 2.75) is 12.6 Å². The van der Waals surface area contributed by atoms with E-state index in [1.54, 1.807) is 19.5 Å². The minimum absolute atomic E-state index is 0.0639. The Morgan fingerprint density at radius 3 is 2.52 bits per heavy atom. The van der Waals surface area contributed by atoms with Gasteiger partial charge in [0.15, 0.2) is 0 Å². The fourth-order valence-corrected chi connectivity index (χ4v) is 3.20. The summed E-state index contributed by atoms with van der Waals surface area (Å²) in [5.41, 5.74) is 1.88. The Labute approximate surface area is 170 Å². The van der Waals surface area contributed by atoms with Gasteiger partial charge in [-0.15, -0.1) is 0 Å². The summed E-state index contributed by atoms with van der Waals surface area (Å²) in [6, 6.07) is 11.1. The lowest BCUT2D eigenvalue weighted by molar-refractivity contribution is -0.139. The standard InChI is InChI=1S/C21H26N4O4/c1-28-18-6-4-16(5-7-18)13-23-20(26)21(27)24-15-19(17-3-2-8-22-14-17)25-9-11-29-12-10-25/h2-8,14,19H,9-13,15H2,1H3,(H,23,26)(H,24,27). The third-order valence-corrected chi connectivity index (χ3v) is 4.83. The molecule has 1 unspecified atom stereocenters. The van der Waals surface area contributed by atoms with Crippen molar-refractivity contribution in [3.8, 4) is 5.75 Å². The summed E-state index contributed by atoms with van der Waals surface area (Å²) >= 11 is 0. The number of nitrogens with one attached hydrogen (secondary N) is 2. The number of rotatable bonds is 7. The Morgan fingerprint density at radius 2 is 1.86 bits per heavy atom. The van der Waals surface area contributed by atoms with E-state index in [0.717, 1.165) is 30.0 Å². The number of methoxy groups -OCH3 is 1. The summed E-state index contributed by atoms with van der Waals surface area (Å²) in [5.74, 6) is -0.573. The van der Waals surface area contributed by atoms with Crippen LogP contribution in [0.2, 0.25) is 0 Å². The first-order valence-corrected chi connectivity index (χ1v) is 9.58. The maximum Gasteiger partial charge on any atom is 0.309 e. The van der Waals surface area contributed by atoms with Crippen LogP contribution in [-0.2, 0) is 20.9 Å². The molecule has 1 fully saturated rings. The van der Waals surface area contributed by atoms with Gasteiger partial charge in [-0.25, -0.2) is 0 Å². The van der Waals surface area contributed by atoms with Gasteiger partial charge < -0.3 is 20.1 Å². The summed E-state index contributed by atoms with van der Waals surface area (Å²) in [6.45, 7) is 3.41. The quantitative estimate of drug-likeness (QED) is 0.673. The highest BCUT2D eigenvalue weighted by molar-refractivity contribution is 6.35. The van der Waals surface area contributed by atoms with Gasteiger partial charge in [0.1, 0.15) is 5.75 Å². The fraction of sp³-hybridized carbons (Fsp3) is 0.381. The zero-order chi connectivity index (χ0) is 20.5. The molecule has 0 aliphatic carbocycles. The topological polar surface area (TPSA) is 92.8 Å². The first-order chi connectivity index (χ1) is 14.2. The molecule has 1 aromatic heterocycles. The molecule has 1 atom stereocenters. The van der Waals surface area contributed by atoms with Crippen LogP contribution in [-0.4, -0.2) is 61.7 Å². The van der Waals surface area contributed by atoms with E-state index < -0.39 is 11.8 Å². The molecule has 0 saturated carbocycles. The number of morpholine rings is 1. The molecule has 154 valence electrons. The van der Waals surface area contributed by atoms with Gasteiger partial charge in [-0.05, 0) is 29.3 Å². The smallest absolute Gasteiger partial charge is 0.309 e. The molecule has 0 bridgehead atoms. The first kappa shape index (κ1) is 20.8. The second-order valence-corrected chi connectivity index (χ2v) is 6.69. The number of carbonyl (C=O) groups is 2. The zero-order valence-electron chi connectivity index (χ0n) is 16.5. The molecule has 1 aliphatic rings. The van der Waals surface area contributed by atoms with E-state index in [0.29, 0.717) is 19.8 Å². The highest BCUT2D eigenvalue weighted by Crippen LogP contribution is 2.20. The van der Waals surface area contributed by atoms with Crippen molar-refractivity contribution in [3.63, 3.8) is 0 Å². The molecule has 8 nitrogen and oxygen atoms in total. The number of hydrogen-bond donors (Lipinski definition) is 2. The van der Waals surface area contributed by atoms with Crippen LogP contribution in [0, 0.1) is 0 Å². The van der Waals surface area contributed by atoms with Crippen LogP contribution >= 0.6 is 0 Å². The molecule has 29 heavy (non-hydrogen) atoms. The molecule has 1 aliphatic heterocycles. The highest BCUT2D eigenvalue weighted by atomic mass is 16.5. The number of ether oxygens (including phenoxy) is 2. The molecule has 1 saturated heterocycles. The molecule has 2 aromatic rings. The summed E-state index contributed by atoms with van der Waals surface area (Å²) in [5, 5.41) is 5.39. The third kappa shape index (κ3) is 6.00. The monoisotopic (exact) mass is 398 g/mol. The molecule has 3 rings (SSSR count). The molecule has 2 heterocycles. The van der Waals surface area contributed by atoms with Crippen LogP contribution in [0.1, 0.15) is 17.2 Å². The molecule has 1 aromatic carbocycles. The Bertz CT molecular complexity index is 792. The summed E-state index contributed by atoms with van der Waals surface area (Å²) in [6.07, 6.45) is 3.50. The SMILES string of the molecule is COc1ccc(CNC(=O)C(=O)NCC(c2cccnc2)N2CCOCC2)cc1. The molecule has 8 heteroatoms. The van der Waals surface area contributed by atoms with Crippen LogP contribution < -0.4 is 15.4 Å². The molecule has 0 radical (unpaired) electrons. The van der Waals surface area contributed by atoms with Crippen molar-refractivity contribution in [1.82, 2.24) is 20.5 Å². The van der Waals surface area contributed by atoms with E-state index >= 15 is 0 Å². The van der Waals surface area contributed by atoms with E-state index in [9.17, 15) is 9.59 Å². The number of amides is 2. The van der Waals surface area contributed by atoms with E-state index in [1.165, 1.54) is 0 Å². The second kappa shape index (κ2) is 10.5. The second-order valence-electron chi connectivity index (χ2n) is 6.69. The van der Waals surface area contributed by atoms with Crippen molar-refractivity contribution < 1.29 is 19.1 Å². The van der Waals surface area contributed by atoms with Crippen molar-refractivity contribution in [1.29, 1.82) is 0 Å². The van der Waals surface area contributed by atoms with Gasteiger partial charge in [-0.3, -0.25) is 19.5 Å². The van der Waals surface area contributed by atoms with Crippen molar-refractivity contribution >= 4 is 11.8 Å². The summed E-state index contributed by atoms with van der Waals surface area (Å²) < 4.78 is 10.5. The molecule has 2 N–H and O–H groups in total. The lowest BCUT2D eigenvalue weighted by atomic mass is 10.1.